The van der Waals surface area contributed by atoms with Crippen molar-refractivity contribution in [3.8, 4) is 0 Å². The van der Waals surface area contributed by atoms with E-state index >= 15 is 0 Å². The topological polar surface area (TPSA) is 88.1 Å². The maximum Gasteiger partial charge on any atom is 0.290 e. The van der Waals surface area contributed by atoms with Gasteiger partial charge in [-0.25, -0.2) is 4.68 Å². The van der Waals surface area contributed by atoms with Crippen molar-refractivity contribution in [3.63, 3.8) is 0 Å². The van der Waals surface area contributed by atoms with E-state index in [0.29, 0.717) is 22.4 Å². The number of thioether (sulfide) groups is 1. The van der Waals surface area contributed by atoms with Crippen LogP contribution in [0, 0.1) is 0 Å². The molecule has 3 aromatic rings. The van der Waals surface area contributed by atoms with Gasteiger partial charge in [-0.2, -0.15) is 5.10 Å². The van der Waals surface area contributed by atoms with Gasteiger partial charge in [0, 0.05) is 29.6 Å². The predicted octanol–water partition coefficient (Wildman–Crippen LogP) is 1.83. The number of carbonyl (C=O) groups excluding carboxylic acids is 1. The summed E-state index contributed by atoms with van der Waals surface area (Å²) in [5.41, 5.74) is 5.07. The van der Waals surface area contributed by atoms with Crippen molar-refractivity contribution < 1.29 is 4.79 Å². The van der Waals surface area contributed by atoms with Gasteiger partial charge in [0.25, 0.3) is 11.5 Å². The van der Waals surface area contributed by atoms with Crippen LogP contribution in [0.5, 0.6) is 0 Å². The third kappa shape index (κ3) is 4.87. The van der Waals surface area contributed by atoms with Crippen molar-refractivity contribution in [2.75, 3.05) is 12.3 Å². The van der Waals surface area contributed by atoms with Crippen LogP contribution in [0.1, 0.15) is 10.5 Å². The van der Waals surface area contributed by atoms with Gasteiger partial charge < -0.3 is 5.32 Å². The Morgan fingerprint density at radius 1 is 1.07 bits per heavy atom. The molecule has 3 N–H and O–H groups in total. The molecule has 1 heterocycles. The highest BCUT2D eigenvalue weighted by Gasteiger charge is 2.15. The Kier molecular flexibility index (Phi) is 6.62. The van der Waals surface area contributed by atoms with E-state index in [9.17, 15) is 9.59 Å². The second-order valence-electron chi connectivity index (χ2n) is 5.82. The molecule has 28 heavy (non-hydrogen) atoms. The molecule has 0 radical (unpaired) electrons. The molecule has 1 aromatic heterocycles. The highest BCUT2D eigenvalue weighted by Crippen LogP contribution is 2.15. The first-order chi connectivity index (χ1) is 13.6. The molecule has 144 valence electrons. The Balaban J connectivity index is 1.53. The van der Waals surface area contributed by atoms with E-state index in [0.717, 1.165) is 10.4 Å². The summed E-state index contributed by atoms with van der Waals surface area (Å²) in [6, 6.07) is 16.9. The van der Waals surface area contributed by atoms with E-state index in [1.165, 1.54) is 11.9 Å². The minimum absolute atomic E-state index is 0.146. The molecule has 3 rings (SSSR count). The summed E-state index contributed by atoms with van der Waals surface area (Å²) in [5, 5.41) is 8.32. The van der Waals surface area contributed by atoms with E-state index in [4.69, 9.17) is 12.2 Å². The third-order valence-electron chi connectivity index (χ3n) is 3.86. The predicted molar refractivity (Wildman–Crippen MR) is 115 cm³/mol. The lowest BCUT2D eigenvalue weighted by Crippen LogP contribution is -2.47. The van der Waals surface area contributed by atoms with Gasteiger partial charge in [-0.15, -0.1) is 11.8 Å². The Morgan fingerprint density at radius 3 is 2.50 bits per heavy atom. The van der Waals surface area contributed by atoms with E-state index < -0.39 is 5.91 Å². The zero-order valence-electron chi connectivity index (χ0n) is 15.1. The van der Waals surface area contributed by atoms with E-state index in [1.807, 2.05) is 30.3 Å². The second kappa shape index (κ2) is 9.34. The van der Waals surface area contributed by atoms with Crippen LogP contribution in [0.25, 0.3) is 10.8 Å². The van der Waals surface area contributed by atoms with Crippen molar-refractivity contribution in [3.05, 3.63) is 70.6 Å². The van der Waals surface area contributed by atoms with Crippen LogP contribution in [-0.4, -0.2) is 33.1 Å². The number of hydrogen-bond acceptors (Lipinski definition) is 5. The zero-order valence-corrected chi connectivity index (χ0v) is 16.8. The molecule has 0 saturated carbocycles. The van der Waals surface area contributed by atoms with Crippen LogP contribution < -0.4 is 21.7 Å². The maximum absolute atomic E-state index is 12.5. The summed E-state index contributed by atoms with van der Waals surface area (Å²) < 4.78 is 1.15. The summed E-state index contributed by atoms with van der Waals surface area (Å²) >= 11 is 6.88. The van der Waals surface area contributed by atoms with Gasteiger partial charge in [0.1, 0.15) is 0 Å². The molecule has 0 unspecified atom stereocenters. The van der Waals surface area contributed by atoms with Crippen LogP contribution in [0.3, 0.4) is 0 Å². The number of thiocarbonyl (C=S) groups is 1. The molecule has 0 bridgehead atoms. The van der Waals surface area contributed by atoms with Crippen molar-refractivity contribution in [2.24, 2.45) is 7.05 Å². The summed E-state index contributed by atoms with van der Waals surface area (Å²) in [4.78, 5) is 25.8. The fourth-order valence-electron chi connectivity index (χ4n) is 2.53. The number of amides is 1. The first-order valence-electron chi connectivity index (χ1n) is 8.54. The Morgan fingerprint density at radius 2 is 1.75 bits per heavy atom. The van der Waals surface area contributed by atoms with Crippen LogP contribution in [0.4, 0.5) is 0 Å². The van der Waals surface area contributed by atoms with Crippen LogP contribution in [-0.2, 0) is 7.05 Å². The summed E-state index contributed by atoms with van der Waals surface area (Å²) in [7, 11) is 1.51. The molecule has 7 nitrogen and oxygen atoms in total. The fraction of sp³-hybridized carbons (Fsp3) is 0.158. The van der Waals surface area contributed by atoms with Crippen molar-refractivity contribution in [2.45, 2.75) is 4.90 Å². The number of benzene rings is 2. The number of hydrazine groups is 1. The molecule has 0 saturated heterocycles. The van der Waals surface area contributed by atoms with Gasteiger partial charge >= 0.3 is 0 Å². The molecular formula is C19H19N5O2S2. The lowest BCUT2D eigenvalue weighted by atomic mass is 10.1. The van der Waals surface area contributed by atoms with Crippen molar-refractivity contribution in [1.29, 1.82) is 0 Å². The molecule has 2 aromatic carbocycles. The van der Waals surface area contributed by atoms with E-state index in [-0.39, 0.29) is 11.3 Å². The SMILES string of the molecule is Cn1nc(C(=O)NNC(=S)NCCSc2ccccc2)c2ccccc2c1=O. The third-order valence-corrected chi connectivity index (χ3v) is 5.12. The van der Waals surface area contributed by atoms with E-state index in [1.54, 1.807) is 36.0 Å². The summed E-state index contributed by atoms with van der Waals surface area (Å²) in [6.07, 6.45) is 0. The Hall–Kier alpha value is -2.91. The van der Waals surface area contributed by atoms with Crippen LogP contribution >= 0.6 is 24.0 Å². The largest absolute Gasteiger partial charge is 0.361 e. The minimum atomic E-state index is -0.477. The monoisotopic (exact) mass is 413 g/mol. The van der Waals surface area contributed by atoms with Crippen molar-refractivity contribution >= 4 is 45.8 Å². The average molecular weight is 414 g/mol. The molecular weight excluding hydrogens is 394 g/mol. The Bertz CT molecular complexity index is 1050. The standard InChI is InChI=1S/C19H19N5O2S2/c1-24-18(26)15-10-6-5-9-14(15)16(23-24)17(25)21-22-19(27)20-11-12-28-13-7-3-2-4-8-13/h2-10H,11-12H2,1H3,(H,21,25)(H2,20,22,27). The molecule has 0 atom stereocenters. The summed E-state index contributed by atoms with van der Waals surface area (Å²) in [6.45, 7) is 0.641. The second-order valence-corrected chi connectivity index (χ2v) is 7.40. The summed E-state index contributed by atoms with van der Waals surface area (Å²) in [5.74, 6) is 0.349. The number of rotatable bonds is 5. The number of nitrogens with one attached hydrogen (secondary N) is 3. The molecule has 1 amide bonds. The van der Waals surface area contributed by atoms with Gasteiger partial charge in [-0.1, -0.05) is 36.4 Å². The van der Waals surface area contributed by atoms with Gasteiger partial charge in [0.2, 0.25) is 0 Å². The lowest BCUT2D eigenvalue weighted by molar-refractivity contribution is 0.0938. The number of fused-ring (bicyclic) bond motifs is 1. The zero-order chi connectivity index (χ0) is 19.9. The van der Waals surface area contributed by atoms with Gasteiger partial charge in [0.05, 0.1) is 5.39 Å². The van der Waals surface area contributed by atoms with Gasteiger partial charge in [0.15, 0.2) is 10.8 Å². The van der Waals surface area contributed by atoms with Crippen LogP contribution in [0.2, 0.25) is 0 Å². The minimum Gasteiger partial charge on any atom is -0.361 e. The maximum atomic E-state index is 12.5. The lowest BCUT2D eigenvalue weighted by Gasteiger charge is -2.12. The number of aryl methyl sites for hydroxylation is 1. The highest BCUT2D eigenvalue weighted by molar-refractivity contribution is 7.99. The van der Waals surface area contributed by atoms with Crippen LogP contribution in [0.15, 0.2) is 64.3 Å². The number of nitrogens with zero attached hydrogens (tertiary/aromatic N) is 2. The number of aromatic nitrogens is 2. The fourth-order valence-corrected chi connectivity index (χ4v) is 3.48. The number of hydrogen-bond donors (Lipinski definition) is 3. The normalized spacial score (nSPS) is 10.5. The van der Waals surface area contributed by atoms with Crippen molar-refractivity contribution in [1.82, 2.24) is 25.9 Å². The molecule has 0 fully saturated rings. The quantitative estimate of drug-likeness (QED) is 0.255. The Labute approximate surface area is 171 Å². The highest BCUT2D eigenvalue weighted by atomic mass is 32.2. The van der Waals surface area contributed by atoms with Gasteiger partial charge in [-0.05, 0) is 30.4 Å². The molecule has 9 heteroatoms. The smallest absolute Gasteiger partial charge is 0.290 e. The molecule has 0 aliphatic carbocycles. The van der Waals surface area contributed by atoms with E-state index in [2.05, 4.69) is 21.3 Å². The number of carbonyl (C=O) groups is 1. The first-order valence-corrected chi connectivity index (χ1v) is 9.94. The molecule has 0 spiro atoms. The van der Waals surface area contributed by atoms with Gasteiger partial charge in [-0.3, -0.25) is 20.4 Å². The molecule has 0 aliphatic heterocycles. The molecule has 0 aliphatic rings. The first kappa shape index (κ1) is 19.8. The average Bonchev–Trinajstić information content (AvgIpc) is 2.73.